The molecular formula is C4H10N2O2. The number of nitrogens with two attached hydrogens (primary N) is 1. The number of nitrogens with zero attached hydrogens (tertiary/aromatic N) is 1. The van der Waals surface area contributed by atoms with Gasteiger partial charge in [-0.2, -0.15) is 0 Å². The average molecular weight is 118 g/mol. The maximum atomic E-state index is 8.80. The van der Waals surface area contributed by atoms with Gasteiger partial charge < -0.3 is 10.2 Å². The van der Waals surface area contributed by atoms with Gasteiger partial charge in [0, 0.05) is 13.1 Å². The molecule has 0 amide bonds. The van der Waals surface area contributed by atoms with Gasteiger partial charge in [0.05, 0.1) is 12.2 Å². The quantitative estimate of drug-likeness (QED) is 0.319. The van der Waals surface area contributed by atoms with Gasteiger partial charge in [-0.05, 0) is 0 Å². The first kappa shape index (κ1) is 5.97. The molecule has 4 heteroatoms. The minimum atomic E-state index is -0.653. The van der Waals surface area contributed by atoms with Gasteiger partial charge in [-0.15, -0.1) is 0 Å². The van der Waals surface area contributed by atoms with Gasteiger partial charge >= 0.3 is 0 Å². The minimum Gasteiger partial charge on any atom is -0.389 e. The summed E-state index contributed by atoms with van der Waals surface area (Å²) in [5.74, 6) is 5.23. The Morgan fingerprint density at radius 1 is 1.25 bits per heavy atom. The van der Waals surface area contributed by atoms with Crippen LogP contribution in [0.1, 0.15) is 0 Å². The van der Waals surface area contributed by atoms with E-state index in [0.29, 0.717) is 13.1 Å². The molecule has 0 saturated carbocycles. The normalized spacial score (nSPS) is 40.9. The third kappa shape index (κ3) is 0.976. The predicted molar refractivity (Wildman–Crippen MR) is 27.8 cm³/mol. The van der Waals surface area contributed by atoms with Crippen LogP contribution in [0.4, 0.5) is 0 Å². The molecule has 8 heavy (non-hydrogen) atoms. The number of hydrazine groups is 1. The van der Waals surface area contributed by atoms with Crippen molar-refractivity contribution in [2.24, 2.45) is 5.84 Å². The third-order valence-electron chi connectivity index (χ3n) is 1.29. The van der Waals surface area contributed by atoms with Crippen LogP contribution in [0.25, 0.3) is 0 Å². The number of rotatable bonds is 0. The van der Waals surface area contributed by atoms with E-state index in [2.05, 4.69) is 0 Å². The number of aliphatic hydroxyl groups excluding tert-OH is 2. The number of aliphatic hydroxyl groups is 2. The Labute approximate surface area is 47.5 Å². The lowest BCUT2D eigenvalue weighted by Gasteiger charge is -2.02. The van der Waals surface area contributed by atoms with Crippen LogP contribution >= 0.6 is 0 Å². The third-order valence-corrected chi connectivity index (χ3v) is 1.29. The monoisotopic (exact) mass is 118 g/mol. The molecule has 48 valence electrons. The van der Waals surface area contributed by atoms with Crippen LogP contribution in [-0.2, 0) is 0 Å². The molecule has 1 saturated heterocycles. The van der Waals surface area contributed by atoms with Crippen molar-refractivity contribution in [3.63, 3.8) is 0 Å². The van der Waals surface area contributed by atoms with Gasteiger partial charge in [0.25, 0.3) is 0 Å². The van der Waals surface area contributed by atoms with E-state index < -0.39 is 12.2 Å². The summed E-state index contributed by atoms with van der Waals surface area (Å²) in [6, 6.07) is 0. The molecule has 0 radical (unpaired) electrons. The zero-order valence-electron chi connectivity index (χ0n) is 4.49. The molecule has 1 rings (SSSR count). The van der Waals surface area contributed by atoms with Gasteiger partial charge in [0.1, 0.15) is 0 Å². The van der Waals surface area contributed by atoms with Crippen molar-refractivity contribution >= 4 is 0 Å². The van der Waals surface area contributed by atoms with Crippen molar-refractivity contribution < 1.29 is 10.2 Å². The Morgan fingerprint density at radius 3 is 1.75 bits per heavy atom. The van der Waals surface area contributed by atoms with E-state index in [1.807, 2.05) is 0 Å². The SMILES string of the molecule is NN1CC(O)C(O)C1. The average Bonchev–Trinajstić information content (AvgIpc) is 1.85. The lowest BCUT2D eigenvalue weighted by Crippen LogP contribution is -2.29. The van der Waals surface area contributed by atoms with Crippen molar-refractivity contribution in [1.82, 2.24) is 5.01 Å². The Hall–Kier alpha value is -0.160. The van der Waals surface area contributed by atoms with E-state index >= 15 is 0 Å². The Kier molecular flexibility index (Phi) is 1.48. The van der Waals surface area contributed by atoms with Crippen molar-refractivity contribution in [2.45, 2.75) is 12.2 Å². The van der Waals surface area contributed by atoms with E-state index in [0.717, 1.165) is 0 Å². The molecule has 4 nitrogen and oxygen atoms in total. The van der Waals surface area contributed by atoms with Gasteiger partial charge in [-0.3, -0.25) is 5.84 Å². The summed E-state index contributed by atoms with van der Waals surface area (Å²) in [5, 5.41) is 19.0. The molecule has 1 aliphatic heterocycles. The van der Waals surface area contributed by atoms with Gasteiger partial charge in [-0.1, -0.05) is 0 Å². The van der Waals surface area contributed by atoms with E-state index in [-0.39, 0.29) is 0 Å². The Morgan fingerprint density at radius 2 is 1.62 bits per heavy atom. The molecular weight excluding hydrogens is 108 g/mol. The number of β-amino-alcohol motifs (C(OH)–C–C–N with tert-alkyl or cyclic N) is 2. The first-order valence-corrected chi connectivity index (χ1v) is 2.56. The van der Waals surface area contributed by atoms with Crippen LogP contribution < -0.4 is 5.84 Å². The maximum absolute atomic E-state index is 8.80. The van der Waals surface area contributed by atoms with Crippen LogP contribution in [0, 0.1) is 0 Å². The van der Waals surface area contributed by atoms with Crippen LogP contribution in [0.2, 0.25) is 0 Å². The summed E-state index contributed by atoms with van der Waals surface area (Å²) in [5.41, 5.74) is 0. The molecule has 2 atom stereocenters. The fourth-order valence-electron chi connectivity index (χ4n) is 0.798. The van der Waals surface area contributed by atoms with E-state index in [1.165, 1.54) is 5.01 Å². The minimum absolute atomic E-state index is 0.376. The zero-order chi connectivity index (χ0) is 6.15. The van der Waals surface area contributed by atoms with Crippen LogP contribution in [-0.4, -0.2) is 40.5 Å². The van der Waals surface area contributed by atoms with Crippen molar-refractivity contribution in [1.29, 1.82) is 0 Å². The summed E-state index contributed by atoms with van der Waals surface area (Å²) < 4.78 is 0. The summed E-state index contributed by atoms with van der Waals surface area (Å²) in [6.07, 6.45) is -1.31. The lowest BCUT2D eigenvalue weighted by atomic mass is 10.3. The largest absolute Gasteiger partial charge is 0.389 e. The highest BCUT2D eigenvalue weighted by Gasteiger charge is 2.26. The van der Waals surface area contributed by atoms with Crippen LogP contribution in [0.5, 0.6) is 0 Å². The van der Waals surface area contributed by atoms with Crippen LogP contribution in [0.15, 0.2) is 0 Å². The van der Waals surface area contributed by atoms with Crippen molar-refractivity contribution in [2.75, 3.05) is 13.1 Å². The Bertz CT molecular complexity index is 78.1. The predicted octanol–water partition coefficient (Wildman–Crippen LogP) is -2.10. The molecule has 0 aromatic rings. The topological polar surface area (TPSA) is 69.7 Å². The van der Waals surface area contributed by atoms with E-state index in [1.54, 1.807) is 0 Å². The second-order valence-corrected chi connectivity index (χ2v) is 2.09. The molecule has 2 unspecified atom stereocenters. The maximum Gasteiger partial charge on any atom is 0.0952 e. The molecule has 1 heterocycles. The zero-order valence-corrected chi connectivity index (χ0v) is 4.49. The lowest BCUT2D eigenvalue weighted by molar-refractivity contribution is 0.0572. The molecule has 0 aromatic carbocycles. The highest BCUT2D eigenvalue weighted by atomic mass is 16.3. The fraction of sp³-hybridized carbons (Fsp3) is 1.00. The fourth-order valence-corrected chi connectivity index (χ4v) is 0.798. The summed E-state index contributed by atoms with van der Waals surface area (Å²) >= 11 is 0. The van der Waals surface area contributed by atoms with E-state index in [9.17, 15) is 0 Å². The highest BCUT2D eigenvalue weighted by molar-refractivity contribution is 4.79. The van der Waals surface area contributed by atoms with Gasteiger partial charge in [-0.25, -0.2) is 5.01 Å². The number of hydrogen-bond donors (Lipinski definition) is 3. The van der Waals surface area contributed by atoms with Gasteiger partial charge in [0.15, 0.2) is 0 Å². The second kappa shape index (κ2) is 1.99. The molecule has 0 aromatic heterocycles. The second-order valence-electron chi connectivity index (χ2n) is 2.09. The molecule has 0 aliphatic carbocycles. The Balaban J connectivity index is 2.39. The van der Waals surface area contributed by atoms with Gasteiger partial charge in [0.2, 0.25) is 0 Å². The first-order valence-electron chi connectivity index (χ1n) is 2.56. The molecule has 0 spiro atoms. The van der Waals surface area contributed by atoms with Crippen molar-refractivity contribution in [3.05, 3.63) is 0 Å². The van der Waals surface area contributed by atoms with Crippen molar-refractivity contribution in [3.8, 4) is 0 Å². The van der Waals surface area contributed by atoms with E-state index in [4.69, 9.17) is 16.1 Å². The standard InChI is InChI=1S/C4H10N2O2/c5-6-1-3(7)4(8)2-6/h3-4,7-8H,1-2,5H2. The van der Waals surface area contributed by atoms with Crippen LogP contribution in [0.3, 0.4) is 0 Å². The highest BCUT2D eigenvalue weighted by Crippen LogP contribution is 2.03. The summed E-state index contributed by atoms with van der Waals surface area (Å²) in [4.78, 5) is 0. The summed E-state index contributed by atoms with van der Waals surface area (Å²) in [6.45, 7) is 0.752. The molecule has 1 fully saturated rings. The molecule has 4 N–H and O–H groups in total. The smallest absolute Gasteiger partial charge is 0.0952 e. The number of hydrogen-bond acceptors (Lipinski definition) is 4. The summed E-state index contributed by atoms with van der Waals surface area (Å²) in [7, 11) is 0. The molecule has 1 aliphatic rings. The molecule has 0 bridgehead atoms. The first-order chi connectivity index (χ1) is 3.70.